The van der Waals surface area contributed by atoms with Gasteiger partial charge in [-0.05, 0) is 30.3 Å². The van der Waals surface area contributed by atoms with E-state index in [0.29, 0.717) is 34.2 Å². The number of pyridine rings is 2. The van der Waals surface area contributed by atoms with Gasteiger partial charge in [-0.2, -0.15) is 0 Å². The average Bonchev–Trinajstić information content (AvgIpc) is 3.09. The zero-order valence-corrected chi connectivity index (χ0v) is 14.8. The lowest BCUT2D eigenvalue weighted by Crippen LogP contribution is -2.20. The van der Waals surface area contributed by atoms with Gasteiger partial charge in [-0.15, -0.1) is 5.10 Å². The number of rotatable bonds is 5. The number of hydrogen-bond donors (Lipinski definition) is 1. The lowest BCUT2D eigenvalue weighted by atomic mass is 10.1. The van der Waals surface area contributed by atoms with Crippen molar-refractivity contribution in [1.29, 1.82) is 0 Å². The minimum absolute atomic E-state index is 0.0935. The molecule has 0 saturated carbocycles. The van der Waals surface area contributed by atoms with E-state index >= 15 is 0 Å². The van der Waals surface area contributed by atoms with E-state index in [1.165, 1.54) is 0 Å². The molecule has 0 radical (unpaired) electrons. The van der Waals surface area contributed by atoms with Crippen molar-refractivity contribution in [3.63, 3.8) is 0 Å². The molecule has 1 N–H and O–H groups in total. The number of allylic oxidation sites excluding steroid dienone is 1. The highest BCUT2D eigenvalue weighted by atomic mass is 19.1. The maximum Gasteiger partial charge on any atom is 0.184 e. The van der Waals surface area contributed by atoms with Crippen LogP contribution in [0.3, 0.4) is 0 Å². The van der Waals surface area contributed by atoms with Crippen LogP contribution in [0.2, 0.25) is 0 Å². The summed E-state index contributed by atoms with van der Waals surface area (Å²) in [6.07, 6.45) is 5.49. The van der Waals surface area contributed by atoms with Gasteiger partial charge >= 0.3 is 0 Å². The molecule has 0 atom stereocenters. The minimum Gasteiger partial charge on any atom is -0.390 e. The third-order valence-corrected chi connectivity index (χ3v) is 4.74. The SMILES string of the molecule is OCC[N+]1=CC(c2ccc3nnn(Cc4ccc5ncccc5c4F)c3n2)=C1. The molecular weight excluding hydrogens is 359 g/mol. The van der Waals surface area contributed by atoms with Crippen molar-refractivity contribution in [2.24, 2.45) is 0 Å². The number of aliphatic hydroxyl groups is 1. The van der Waals surface area contributed by atoms with Crippen LogP contribution in [0.25, 0.3) is 27.6 Å². The van der Waals surface area contributed by atoms with Gasteiger partial charge in [0.05, 0.1) is 17.8 Å². The normalized spacial score (nSPS) is 13.5. The van der Waals surface area contributed by atoms with Gasteiger partial charge in [-0.3, -0.25) is 4.98 Å². The van der Waals surface area contributed by atoms with Crippen molar-refractivity contribution in [3.8, 4) is 0 Å². The highest BCUT2D eigenvalue weighted by molar-refractivity contribution is 6.09. The van der Waals surface area contributed by atoms with Crippen molar-refractivity contribution in [3.05, 3.63) is 65.9 Å². The summed E-state index contributed by atoms with van der Waals surface area (Å²) in [5.41, 5.74) is 4.12. The van der Waals surface area contributed by atoms with Crippen molar-refractivity contribution in [2.45, 2.75) is 6.54 Å². The molecule has 1 aliphatic heterocycles. The molecule has 4 heterocycles. The van der Waals surface area contributed by atoms with Gasteiger partial charge in [0.1, 0.15) is 23.5 Å². The molecule has 0 fully saturated rings. The van der Waals surface area contributed by atoms with E-state index in [1.807, 2.05) is 29.1 Å². The van der Waals surface area contributed by atoms with Crippen LogP contribution >= 0.6 is 0 Å². The Morgan fingerprint density at radius 2 is 1.96 bits per heavy atom. The smallest absolute Gasteiger partial charge is 0.184 e. The van der Waals surface area contributed by atoms with Gasteiger partial charge in [-0.1, -0.05) is 11.3 Å². The fourth-order valence-electron chi connectivity index (χ4n) is 3.29. The molecule has 0 spiro atoms. The molecule has 8 heteroatoms. The van der Waals surface area contributed by atoms with Crippen molar-refractivity contribution < 1.29 is 14.1 Å². The van der Waals surface area contributed by atoms with Crippen molar-refractivity contribution in [2.75, 3.05) is 13.2 Å². The molecular formula is C20H16FN6O+. The summed E-state index contributed by atoms with van der Waals surface area (Å²) in [6, 6.07) is 10.7. The maximum absolute atomic E-state index is 14.9. The Kier molecular flexibility index (Phi) is 3.91. The second-order valence-corrected chi connectivity index (χ2v) is 6.57. The lowest BCUT2D eigenvalue weighted by molar-refractivity contribution is -0.461. The number of halogens is 1. The average molecular weight is 375 g/mol. The zero-order chi connectivity index (χ0) is 19.1. The maximum atomic E-state index is 14.9. The van der Waals surface area contributed by atoms with E-state index in [2.05, 4.69) is 20.3 Å². The molecule has 0 unspecified atom stereocenters. The Morgan fingerprint density at radius 1 is 1.11 bits per heavy atom. The molecule has 0 aliphatic carbocycles. The number of hydrogen-bond acceptors (Lipinski definition) is 5. The Hall–Kier alpha value is -3.52. The number of fused-ring (bicyclic) bond motifs is 2. The fourth-order valence-corrected chi connectivity index (χ4v) is 3.29. The highest BCUT2D eigenvalue weighted by Crippen LogP contribution is 2.22. The van der Waals surface area contributed by atoms with Crippen LogP contribution in [0, 0.1) is 5.82 Å². The van der Waals surface area contributed by atoms with Gasteiger partial charge in [0.15, 0.2) is 24.6 Å². The summed E-state index contributed by atoms with van der Waals surface area (Å²) < 4.78 is 18.4. The molecule has 4 aromatic rings. The van der Waals surface area contributed by atoms with Gasteiger partial charge in [0.2, 0.25) is 0 Å². The Labute approximate surface area is 159 Å². The number of aliphatic hydroxyl groups excluding tert-OH is 1. The summed E-state index contributed by atoms with van der Waals surface area (Å²) in [6.45, 7) is 0.876. The third kappa shape index (κ3) is 2.74. The van der Waals surface area contributed by atoms with Gasteiger partial charge < -0.3 is 5.11 Å². The molecule has 138 valence electrons. The van der Waals surface area contributed by atoms with Crippen LogP contribution in [0.4, 0.5) is 4.39 Å². The number of nitrogens with zero attached hydrogens (tertiary/aromatic N) is 6. The molecule has 7 nitrogen and oxygen atoms in total. The molecule has 1 aromatic carbocycles. The molecule has 28 heavy (non-hydrogen) atoms. The summed E-state index contributed by atoms with van der Waals surface area (Å²) >= 11 is 0. The van der Waals surface area contributed by atoms with Gasteiger partial charge in [-0.25, -0.2) is 18.6 Å². The second-order valence-electron chi connectivity index (χ2n) is 6.57. The van der Waals surface area contributed by atoms with E-state index in [1.54, 1.807) is 35.1 Å². The van der Waals surface area contributed by atoms with Crippen molar-refractivity contribution in [1.82, 2.24) is 25.0 Å². The Morgan fingerprint density at radius 3 is 2.82 bits per heavy atom. The monoisotopic (exact) mass is 375 g/mol. The third-order valence-electron chi connectivity index (χ3n) is 4.74. The molecule has 0 saturated heterocycles. The first-order valence-electron chi connectivity index (χ1n) is 8.89. The van der Waals surface area contributed by atoms with Gasteiger partial charge in [0.25, 0.3) is 0 Å². The van der Waals surface area contributed by atoms with E-state index in [9.17, 15) is 4.39 Å². The van der Waals surface area contributed by atoms with Crippen LogP contribution in [0.1, 0.15) is 11.3 Å². The molecule has 1 aliphatic rings. The predicted octanol–water partition coefficient (Wildman–Crippen LogP) is 1.99. The van der Waals surface area contributed by atoms with Gasteiger partial charge in [0, 0.05) is 17.1 Å². The number of aromatic nitrogens is 5. The first-order chi connectivity index (χ1) is 13.7. The fraction of sp³-hybridized carbons (Fsp3) is 0.150. The van der Waals surface area contributed by atoms with Crippen molar-refractivity contribution >= 4 is 33.9 Å². The molecule has 3 aromatic heterocycles. The first kappa shape index (κ1) is 16.6. The molecule has 0 amide bonds. The first-order valence-corrected chi connectivity index (χ1v) is 8.89. The Bertz CT molecular complexity index is 1280. The topological polar surface area (TPSA) is 79.7 Å². The largest absolute Gasteiger partial charge is 0.390 e. The second kappa shape index (κ2) is 6.58. The summed E-state index contributed by atoms with van der Waals surface area (Å²) in [7, 11) is 0. The summed E-state index contributed by atoms with van der Waals surface area (Å²) in [4.78, 5) is 8.83. The van der Waals surface area contributed by atoms with E-state index in [0.717, 1.165) is 11.3 Å². The highest BCUT2D eigenvalue weighted by Gasteiger charge is 2.20. The lowest BCUT2D eigenvalue weighted by Gasteiger charge is -2.09. The summed E-state index contributed by atoms with van der Waals surface area (Å²) in [5.74, 6) is -0.305. The molecule has 5 rings (SSSR count). The Balaban J connectivity index is 1.49. The predicted molar refractivity (Wildman–Crippen MR) is 102 cm³/mol. The van der Waals surface area contributed by atoms with E-state index in [4.69, 9.17) is 5.11 Å². The van der Waals surface area contributed by atoms with E-state index < -0.39 is 0 Å². The van der Waals surface area contributed by atoms with Crippen LogP contribution in [-0.4, -0.2) is 54.0 Å². The zero-order valence-electron chi connectivity index (χ0n) is 14.8. The minimum atomic E-state index is -0.305. The molecule has 0 bridgehead atoms. The quantitative estimate of drug-likeness (QED) is 0.540. The summed E-state index contributed by atoms with van der Waals surface area (Å²) in [5, 5.41) is 17.7. The number of benzene rings is 1. The van der Waals surface area contributed by atoms with E-state index in [-0.39, 0.29) is 19.0 Å². The van der Waals surface area contributed by atoms with Crippen LogP contribution < -0.4 is 0 Å². The number of β-amino-alcohol motifs (C(OH)–C–C–N with tert-alkyl or cyclic N) is 1. The van der Waals surface area contributed by atoms with Crippen LogP contribution in [-0.2, 0) is 6.54 Å². The van der Waals surface area contributed by atoms with Crippen LogP contribution in [0.5, 0.6) is 0 Å². The standard InChI is InChI=1S/C20H16FN6O/c21-19-13(3-4-17-15(19)2-1-7-22-17)12-27-20-18(24-25-27)6-5-16(23-20)14-10-26(11-14)8-9-28/h1-7,10-11,28H,8-9,12H2/q+1. The van der Waals surface area contributed by atoms with Crippen LogP contribution in [0.15, 0.2) is 48.8 Å².